The third-order valence-electron chi connectivity index (χ3n) is 3.88. The fraction of sp³-hybridized carbons (Fsp3) is 0.375. The predicted octanol–water partition coefficient (Wildman–Crippen LogP) is 3.24. The summed E-state index contributed by atoms with van der Waals surface area (Å²) >= 11 is 1.53. The smallest absolute Gasteiger partial charge is 0.263 e. The van der Waals surface area contributed by atoms with Gasteiger partial charge in [0.25, 0.3) is 5.91 Å². The lowest BCUT2D eigenvalue weighted by molar-refractivity contribution is 0.0695. The van der Waals surface area contributed by atoms with Gasteiger partial charge in [0.15, 0.2) is 0 Å². The number of piperidine rings is 1. The molecule has 0 spiro atoms. The topological polar surface area (TPSA) is 33.2 Å². The molecule has 1 amide bonds. The molecule has 0 radical (unpaired) electrons. The Morgan fingerprint density at radius 2 is 2.15 bits per heavy atom. The maximum atomic E-state index is 12.3. The van der Waals surface area contributed by atoms with Crippen molar-refractivity contribution in [2.45, 2.75) is 19.3 Å². The number of likely N-dealkylation sites (tertiary alicyclic amines) is 1. The van der Waals surface area contributed by atoms with Gasteiger partial charge in [-0.15, -0.1) is 11.3 Å². The van der Waals surface area contributed by atoms with Crippen molar-refractivity contribution in [1.82, 2.24) is 9.88 Å². The number of thiophene rings is 1. The van der Waals surface area contributed by atoms with Crippen LogP contribution in [-0.2, 0) is 6.42 Å². The summed E-state index contributed by atoms with van der Waals surface area (Å²) in [5.41, 5.74) is 1.30. The molecule has 1 fully saturated rings. The van der Waals surface area contributed by atoms with Gasteiger partial charge >= 0.3 is 0 Å². The summed E-state index contributed by atoms with van der Waals surface area (Å²) in [5, 5.41) is 1.96. The minimum atomic E-state index is 0.194. The van der Waals surface area contributed by atoms with E-state index in [0.717, 1.165) is 37.2 Å². The summed E-state index contributed by atoms with van der Waals surface area (Å²) in [7, 11) is 0. The van der Waals surface area contributed by atoms with E-state index in [4.69, 9.17) is 0 Å². The largest absolute Gasteiger partial charge is 0.338 e. The zero-order valence-corrected chi connectivity index (χ0v) is 12.2. The van der Waals surface area contributed by atoms with Crippen molar-refractivity contribution in [3.05, 3.63) is 52.5 Å². The molecule has 0 N–H and O–H groups in total. The molecule has 2 aromatic heterocycles. The Kier molecular flexibility index (Phi) is 4.11. The average Bonchev–Trinajstić information content (AvgIpc) is 3.03. The highest BCUT2D eigenvalue weighted by molar-refractivity contribution is 7.12. The Morgan fingerprint density at radius 3 is 2.80 bits per heavy atom. The molecule has 4 heteroatoms. The van der Waals surface area contributed by atoms with Crippen LogP contribution < -0.4 is 0 Å². The third kappa shape index (κ3) is 3.07. The van der Waals surface area contributed by atoms with Gasteiger partial charge in [-0.1, -0.05) is 12.1 Å². The molecular formula is C16H18N2OS. The van der Waals surface area contributed by atoms with Crippen LogP contribution in [0.25, 0.3) is 0 Å². The third-order valence-corrected chi connectivity index (χ3v) is 4.74. The molecule has 3 nitrogen and oxygen atoms in total. The molecule has 1 saturated heterocycles. The molecule has 3 heterocycles. The van der Waals surface area contributed by atoms with Crippen LogP contribution in [0.3, 0.4) is 0 Å². The number of pyridine rings is 1. The highest BCUT2D eigenvalue weighted by Crippen LogP contribution is 2.23. The molecule has 0 bridgehead atoms. The lowest BCUT2D eigenvalue weighted by atomic mass is 9.90. The van der Waals surface area contributed by atoms with Gasteiger partial charge in [0.05, 0.1) is 4.88 Å². The zero-order valence-electron chi connectivity index (χ0n) is 11.4. The summed E-state index contributed by atoms with van der Waals surface area (Å²) in [4.78, 5) is 19.3. The second kappa shape index (κ2) is 6.18. The summed E-state index contributed by atoms with van der Waals surface area (Å²) in [6.45, 7) is 1.75. The summed E-state index contributed by atoms with van der Waals surface area (Å²) in [5.74, 6) is 0.867. The molecule has 0 saturated carbocycles. The number of carbonyl (C=O) groups excluding carboxylic acids is 1. The van der Waals surface area contributed by atoms with Crippen LogP contribution in [0.4, 0.5) is 0 Å². The Morgan fingerprint density at radius 1 is 1.30 bits per heavy atom. The molecule has 0 atom stereocenters. The molecule has 3 rings (SSSR count). The van der Waals surface area contributed by atoms with Crippen molar-refractivity contribution in [3.8, 4) is 0 Å². The number of amides is 1. The van der Waals surface area contributed by atoms with E-state index in [1.54, 1.807) is 0 Å². The van der Waals surface area contributed by atoms with Crippen LogP contribution >= 0.6 is 11.3 Å². The lowest BCUT2D eigenvalue weighted by Gasteiger charge is -2.31. The Hall–Kier alpha value is -1.68. The zero-order chi connectivity index (χ0) is 13.8. The van der Waals surface area contributed by atoms with E-state index in [1.165, 1.54) is 16.9 Å². The monoisotopic (exact) mass is 286 g/mol. The summed E-state index contributed by atoms with van der Waals surface area (Å²) in [6.07, 6.45) is 7.02. The van der Waals surface area contributed by atoms with Gasteiger partial charge in [0, 0.05) is 25.5 Å². The molecule has 0 aromatic carbocycles. The van der Waals surface area contributed by atoms with Crippen molar-refractivity contribution in [3.63, 3.8) is 0 Å². The quantitative estimate of drug-likeness (QED) is 0.868. The van der Waals surface area contributed by atoms with E-state index >= 15 is 0 Å². The van der Waals surface area contributed by atoms with Crippen LogP contribution in [-0.4, -0.2) is 28.9 Å². The Labute approximate surface area is 123 Å². The minimum Gasteiger partial charge on any atom is -0.338 e. The normalized spacial score (nSPS) is 16.3. The van der Waals surface area contributed by atoms with E-state index in [0.29, 0.717) is 5.92 Å². The highest BCUT2D eigenvalue weighted by atomic mass is 32.1. The molecule has 1 aliphatic heterocycles. The van der Waals surface area contributed by atoms with Crippen molar-refractivity contribution in [1.29, 1.82) is 0 Å². The molecule has 104 valence electrons. The molecule has 2 aromatic rings. The number of carbonyl (C=O) groups is 1. The van der Waals surface area contributed by atoms with Gasteiger partial charge in [-0.2, -0.15) is 0 Å². The maximum Gasteiger partial charge on any atom is 0.263 e. The predicted molar refractivity (Wildman–Crippen MR) is 80.9 cm³/mol. The van der Waals surface area contributed by atoms with Gasteiger partial charge in [-0.05, 0) is 48.3 Å². The number of hydrogen-bond donors (Lipinski definition) is 0. The van der Waals surface area contributed by atoms with Gasteiger partial charge in [-0.25, -0.2) is 0 Å². The Bertz CT molecular complexity index is 545. The van der Waals surface area contributed by atoms with Crippen LogP contribution in [0.1, 0.15) is 28.1 Å². The standard InChI is InChI=1S/C16H18N2OS/c19-16(15-4-2-10-20-15)18-8-5-13(6-9-18)11-14-3-1-7-17-12-14/h1-4,7,10,12-13H,5-6,8-9,11H2. The molecule has 1 aliphatic rings. The number of rotatable bonds is 3. The second-order valence-electron chi connectivity index (χ2n) is 5.28. The first-order valence-electron chi connectivity index (χ1n) is 7.04. The first kappa shape index (κ1) is 13.3. The maximum absolute atomic E-state index is 12.3. The first-order chi connectivity index (χ1) is 9.83. The van der Waals surface area contributed by atoms with Crippen LogP contribution in [0, 0.1) is 5.92 Å². The lowest BCUT2D eigenvalue weighted by Crippen LogP contribution is -2.38. The number of hydrogen-bond acceptors (Lipinski definition) is 3. The molecule has 0 aliphatic carbocycles. The van der Waals surface area contributed by atoms with Crippen molar-refractivity contribution in [2.75, 3.05) is 13.1 Å². The van der Waals surface area contributed by atoms with Crippen molar-refractivity contribution < 1.29 is 4.79 Å². The molecular weight excluding hydrogens is 268 g/mol. The van der Waals surface area contributed by atoms with Gasteiger partial charge in [0.2, 0.25) is 0 Å². The van der Waals surface area contributed by atoms with E-state index in [1.807, 2.05) is 40.9 Å². The van der Waals surface area contributed by atoms with E-state index in [-0.39, 0.29) is 5.91 Å². The number of nitrogens with zero attached hydrogens (tertiary/aromatic N) is 2. The van der Waals surface area contributed by atoms with Crippen LogP contribution in [0.2, 0.25) is 0 Å². The van der Waals surface area contributed by atoms with Crippen molar-refractivity contribution in [2.24, 2.45) is 5.92 Å². The van der Waals surface area contributed by atoms with E-state index in [2.05, 4.69) is 11.1 Å². The first-order valence-corrected chi connectivity index (χ1v) is 7.92. The van der Waals surface area contributed by atoms with Gasteiger partial charge in [-0.3, -0.25) is 9.78 Å². The van der Waals surface area contributed by atoms with Crippen molar-refractivity contribution >= 4 is 17.2 Å². The summed E-state index contributed by atoms with van der Waals surface area (Å²) < 4.78 is 0. The fourth-order valence-corrected chi connectivity index (χ4v) is 3.44. The van der Waals surface area contributed by atoms with Gasteiger partial charge in [0.1, 0.15) is 0 Å². The van der Waals surface area contributed by atoms with Crippen LogP contribution in [0.15, 0.2) is 42.0 Å². The molecule has 20 heavy (non-hydrogen) atoms. The minimum absolute atomic E-state index is 0.194. The van der Waals surface area contributed by atoms with Crippen LogP contribution in [0.5, 0.6) is 0 Å². The van der Waals surface area contributed by atoms with E-state index in [9.17, 15) is 4.79 Å². The highest BCUT2D eigenvalue weighted by Gasteiger charge is 2.24. The Balaban J connectivity index is 1.53. The fourth-order valence-electron chi connectivity index (χ4n) is 2.75. The van der Waals surface area contributed by atoms with Gasteiger partial charge < -0.3 is 4.90 Å². The summed E-state index contributed by atoms with van der Waals surface area (Å²) in [6, 6.07) is 7.97. The number of aromatic nitrogens is 1. The molecule has 0 unspecified atom stereocenters. The van der Waals surface area contributed by atoms with E-state index < -0.39 is 0 Å². The second-order valence-corrected chi connectivity index (χ2v) is 6.23. The average molecular weight is 286 g/mol. The SMILES string of the molecule is O=C(c1cccs1)N1CCC(Cc2cccnc2)CC1.